The molecule has 0 unspecified atom stereocenters. The molecular formula is C31H39N2O2P. The lowest BCUT2D eigenvalue weighted by Gasteiger charge is -2.27. The second kappa shape index (κ2) is 11.9. The number of methoxy groups -OCH3 is 2. The van der Waals surface area contributed by atoms with Gasteiger partial charge in [0, 0.05) is 13.6 Å². The topological polar surface area (TPSA) is 42.8 Å². The summed E-state index contributed by atoms with van der Waals surface area (Å²) in [7, 11) is 2.57. The molecule has 3 aromatic carbocycles. The van der Waals surface area contributed by atoms with Gasteiger partial charge in [0.05, 0.1) is 20.3 Å². The van der Waals surface area contributed by atoms with E-state index in [9.17, 15) is 0 Å². The number of hydrogen-bond donors (Lipinski definition) is 1. The van der Waals surface area contributed by atoms with Crippen LogP contribution in [0.1, 0.15) is 54.4 Å². The van der Waals surface area contributed by atoms with Crippen molar-refractivity contribution in [2.75, 3.05) is 19.5 Å². The van der Waals surface area contributed by atoms with E-state index in [0.717, 1.165) is 57.9 Å². The Labute approximate surface area is 217 Å². The van der Waals surface area contributed by atoms with Gasteiger partial charge in [0.2, 0.25) is 0 Å². The highest BCUT2D eigenvalue weighted by Crippen LogP contribution is 2.41. The Morgan fingerprint density at radius 2 is 1.22 bits per heavy atom. The van der Waals surface area contributed by atoms with Crippen molar-refractivity contribution in [1.29, 1.82) is 0 Å². The summed E-state index contributed by atoms with van der Waals surface area (Å²) in [6.07, 6.45) is 6.14. The highest BCUT2D eigenvalue weighted by molar-refractivity contribution is 7.88. The fraction of sp³-hybridized carbons (Fsp3) is 0.387. The average Bonchev–Trinajstić information content (AvgIpc) is 2.85. The van der Waals surface area contributed by atoms with Gasteiger partial charge in [-0.2, -0.15) is 0 Å². The molecule has 1 aliphatic rings. The van der Waals surface area contributed by atoms with Gasteiger partial charge in [-0.15, -0.1) is 0 Å². The zero-order valence-electron chi connectivity index (χ0n) is 22.5. The monoisotopic (exact) mass is 502 g/mol. The molecule has 0 radical (unpaired) electrons. The second-order valence-corrected chi connectivity index (χ2v) is 11.9. The molecule has 0 bridgehead atoms. The maximum atomic E-state index is 5.71. The van der Waals surface area contributed by atoms with Crippen molar-refractivity contribution in [2.45, 2.75) is 65.8 Å². The summed E-state index contributed by atoms with van der Waals surface area (Å²) < 4.78 is 11.4. The van der Waals surface area contributed by atoms with Gasteiger partial charge in [-0.3, -0.25) is 4.99 Å². The highest BCUT2D eigenvalue weighted by Gasteiger charge is 2.26. The first-order valence-corrected chi connectivity index (χ1v) is 14.3. The van der Waals surface area contributed by atoms with Crippen LogP contribution in [-0.4, -0.2) is 25.8 Å². The van der Waals surface area contributed by atoms with Crippen molar-refractivity contribution in [2.24, 2.45) is 4.99 Å². The molecule has 36 heavy (non-hydrogen) atoms. The molecule has 4 rings (SSSR count). The van der Waals surface area contributed by atoms with Crippen molar-refractivity contribution in [3.8, 4) is 11.5 Å². The molecule has 1 aliphatic carbocycles. The second-order valence-electron chi connectivity index (χ2n) is 9.80. The Kier molecular flexibility index (Phi) is 8.69. The van der Waals surface area contributed by atoms with E-state index in [1.807, 2.05) is 0 Å². The van der Waals surface area contributed by atoms with E-state index in [-0.39, 0.29) is 0 Å². The molecule has 1 fully saturated rings. The van der Waals surface area contributed by atoms with Gasteiger partial charge in [-0.1, -0.05) is 37.5 Å². The number of nitrogens with one attached hydrogen (secondary N) is 1. The van der Waals surface area contributed by atoms with Gasteiger partial charge in [0.25, 0.3) is 0 Å². The minimum atomic E-state index is -0.935. The van der Waals surface area contributed by atoms with Crippen LogP contribution in [0.5, 0.6) is 11.5 Å². The summed E-state index contributed by atoms with van der Waals surface area (Å²) in [6, 6.07) is 20.0. The molecule has 1 saturated carbocycles. The fourth-order valence-corrected chi connectivity index (χ4v) is 7.93. The number of para-hydroxylation sites is 1. The van der Waals surface area contributed by atoms with Crippen LogP contribution in [0.4, 0.5) is 5.69 Å². The standard InChI is InChI=1S/C31H39N2O2P/c1-21-17-27(18-22(2)29(21)34-5)36(28-19-23(3)30(35-6)24(4)20-28)31(32-25-13-9-7-10-14-25)33-26-15-11-8-12-16-26/h7,9-10,13-14,17-20,26H,8,11-12,15-16H2,1-6H3,(H,32,33). The molecule has 190 valence electrons. The van der Waals surface area contributed by atoms with Gasteiger partial charge in [0.15, 0.2) is 0 Å². The van der Waals surface area contributed by atoms with Crippen LogP contribution < -0.4 is 25.4 Å². The average molecular weight is 503 g/mol. The van der Waals surface area contributed by atoms with Crippen molar-refractivity contribution >= 4 is 29.8 Å². The Balaban J connectivity index is 1.92. The third-order valence-corrected chi connectivity index (χ3v) is 9.14. The van der Waals surface area contributed by atoms with Crippen LogP contribution in [0.15, 0.2) is 59.6 Å². The van der Waals surface area contributed by atoms with E-state index in [0.29, 0.717) is 6.04 Å². The van der Waals surface area contributed by atoms with Gasteiger partial charge < -0.3 is 14.8 Å². The predicted octanol–water partition coefficient (Wildman–Crippen LogP) is 7.17. The molecule has 3 aromatic rings. The van der Waals surface area contributed by atoms with Gasteiger partial charge >= 0.3 is 0 Å². The van der Waals surface area contributed by atoms with Gasteiger partial charge in [0.1, 0.15) is 17.1 Å². The molecule has 0 saturated heterocycles. The third kappa shape index (κ3) is 5.93. The molecule has 5 heteroatoms. The lowest BCUT2D eigenvalue weighted by Crippen LogP contribution is -2.27. The number of amidine groups is 1. The van der Waals surface area contributed by atoms with Crippen LogP contribution in [0, 0.1) is 27.7 Å². The van der Waals surface area contributed by atoms with E-state index >= 15 is 0 Å². The summed E-state index contributed by atoms with van der Waals surface area (Å²) in [6.45, 7) is 8.54. The van der Waals surface area contributed by atoms with Crippen LogP contribution >= 0.6 is 7.92 Å². The number of nitrogens with zero attached hydrogens (tertiary/aromatic N) is 1. The summed E-state index contributed by atoms with van der Waals surface area (Å²) in [4.78, 5) is 5.46. The van der Waals surface area contributed by atoms with E-state index in [4.69, 9.17) is 14.5 Å². The van der Waals surface area contributed by atoms with E-state index in [1.165, 1.54) is 29.9 Å². The lowest BCUT2D eigenvalue weighted by molar-refractivity contribution is 0.408. The number of aryl methyl sites for hydroxylation is 4. The van der Waals surface area contributed by atoms with Gasteiger partial charge in [-0.05, 0) is 110 Å². The first kappa shape index (κ1) is 26.2. The Morgan fingerprint density at radius 1 is 0.750 bits per heavy atom. The molecule has 4 nitrogen and oxygen atoms in total. The highest BCUT2D eigenvalue weighted by atomic mass is 31.1. The SMILES string of the molecule is COc1c(C)cc(P(C(=NC2CCCCC2)Nc2ccccc2)c2cc(C)c(OC)c(C)c2)cc1C. The Morgan fingerprint density at radius 3 is 1.67 bits per heavy atom. The Hall–Kier alpha value is -2.84. The van der Waals surface area contributed by atoms with Crippen LogP contribution in [0.25, 0.3) is 0 Å². The number of aliphatic imine (C=N–C) groups is 1. The molecule has 0 aliphatic heterocycles. The molecule has 0 aromatic heterocycles. The summed E-state index contributed by atoms with van der Waals surface area (Å²) in [5.41, 5.74) is 6.74. The first-order chi connectivity index (χ1) is 17.4. The number of benzene rings is 3. The molecular weight excluding hydrogens is 463 g/mol. The number of rotatable bonds is 7. The lowest BCUT2D eigenvalue weighted by atomic mass is 9.96. The van der Waals surface area contributed by atoms with E-state index in [2.05, 4.69) is 87.6 Å². The smallest absolute Gasteiger partial charge is 0.133 e. The molecule has 0 heterocycles. The predicted molar refractivity (Wildman–Crippen MR) is 155 cm³/mol. The third-order valence-electron chi connectivity index (χ3n) is 6.94. The van der Waals surface area contributed by atoms with Crippen LogP contribution in [0.2, 0.25) is 0 Å². The van der Waals surface area contributed by atoms with Crippen LogP contribution in [0.3, 0.4) is 0 Å². The van der Waals surface area contributed by atoms with Gasteiger partial charge in [-0.25, -0.2) is 0 Å². The van der Waals surface area contributed by atoms with E-state index in [1.54, 1.807) is 14.2 Å². The minimum Gasteiger partial charge on any atom is -0.496 e. The Bertz CT molecular complexity index is 1110. The quantitative estimate of drug-likeness (QED) is 0.212. The summed E-state index contributed by atoms with van der Waals surface area (Å²) >= 11 is 0. The fourth-order valence-electron chi connectivity index (χ4n) is 5.33. The van der Waals surface area contributed by atoms with Crippen molar-refractivity contribution in [3.63, 3.8) is 0 Å². The number of ether oxygens (including phenoxy) is 2. The maximum absolute atomic E-state index is 5.71. The summed E-state index contributed by atoms with van der Waals surface area (Å²) in [5.74, 6) is 1.91. The molecule has 0 amide bonds. The maximum Gasteiger partial charge on any atom is 0.133 e. The molecule has 0 spiro atoms. The normalized spacial score (nSPS) is 14.7. The number of hydrogen-bond acceptors (Lipinski definition) is 3. The van der Waals surface area contributed by atoms with E-state index < -0.39 is 7.92 Å². The minimum absolute atomic E-state index is 0.357. The first-order valence-electron chi connectivity index (χ1n) is 12.9. The van der Waals surface area contributed by atoms with Crippen LogP contribution in [-0.2, 0) is 0 Å². The molecule has 0 atom stereocenters. The molecule has 1 N–H and O–H groups in total. The zero-order valence-corrected chi connectivity index (χ0v) is 23.4. The number of anilines is 1. The largest absolute Gasteiger partial charge is 0.496 e. The van der Waals surface area contributed by atoms with Crippen molar-refractivity contribution < 1.29 is 9.47 Å². The van der Waals surface area contributed by atoms with Crippen molar-refractivity contribution in [1.82, 2.24) is 0 Å². The van der Waals surface area contributed by atoms with Crippen molar-refractivity contribution in [3.05, 3.63) is 76.9 Å². The summed E-state index contributed by atoms with van der Waals surface area (Å²) in [5, 5.41) is 6.34. The zero-order chi connectivity index (χ0) is 25.7.